The van der Waals surface area contributed by atoms with Gasteiger partial charge < -0.3 is 5.11 Å². The maximum Gasteiger partial charge on any atom is 0.124 e. The highest BCUT2D eigenvalue weighted by Crippen LogP contribution is 2.23. The number of aromatic nitrogens is 1. The lowest BCUT2D eigenvalue weighted by Gasteiger charge is -2.08. The average Bonchev–Trinajstić information content (AvgIpc) is 2.68. The van der Waals surface area contributed by atoms with Crippen molar-refractivity contribution in [1.29, 1.82) is 0 Å². The molecule has 1 heterocycles. The number of halogens is 2. The summed E-state index contributed by atoms with van der Waals surface area (Å²) in [6, 6.07) is 4.62. The van der Waals surface area contributed by atoms with Crippen molar-refractivity contribution in [1.82, 2.24) is 4.98 Å². The van der Waals surface area contributed by atoms with Crippen LogP contribution in [0.1, 0.15) is 16.5 Å². The van der Waals surface area contributed by atoms with Crippen LogP contribution in [0.4, 0.5) is 4.39 Å². The number of nitrogens with zero attached hydrogens (tertiary/aromatic N) is 1. The molecule has 0 fully saturated rings. The second kappa shape index (κ2) is 5.03. The molecule has 0 radical (unpaired) electrons. The number of rotatable bonds is 3. The van der Waals surface area contributed by atoms with E-state index in [1.807, 2.05) is 0 Å². The van der Waals surface area contributed by atoms with E-state index in [4.69, 9.17) is 0 Å². The molecular weight excluding hydrogens is 293 g/mol. The Morgan fingerprint density at radius 3 is 2.88 bits per heavy atom. The van der Waals surface area contributed by atoms with Gasteiger partial charge in [0, 0.05) is 17.1 Å². The molecule has 0 saturated carbocycles. The van der Waals surface area contributed by atoms with Crippen LogP contribution < -0.4 is 0 Å². The van der Waals surface area contributed by atoms with Gasteiger partial charge in [0.05, 0.1) is 16.5 Å². The largest absolute Gasteiger partial charge is 0.387 e. The summed E-state index contributed by atoms with van der Waals surface area (Å²) < 4.78 is 13.8. The maximum atomic E-state index is 13.1. The minimum atomic E-state index is -0.624. The average molecular weight is 302 g/mol. The fraction of sp³-hybridized carbons (Fsp3) is 0.182. The Bertz CT molecular complexity index is 455. The van der Waals surface area contributed by atoms with E-state index in [1.165, 1.54) is 23.5 Å². The number of aliphatic hydroxyl groups is 1. The first-order valence-corrected chi connectivity index (χ1v) is 6.34. The molecule has 0 saturated heterocycles. The van der Waals surface area contributed by atoms with Gasteiger partial charge in [0.2, 0.25) is 0 Å². The van der Waals surface area contributed by atoms with Crippen molar-refractivity contribution in [3.63, 3.8) is 0 Å². The van der Waals surface area contributed by atoms with Crippen LogP contribution in [0.15, 0.2) is 34.4 Å². The van der Waals surface area contributed by atoms with Crippen LogP contribution in [-0.4, -0.2) is 10.1 Å². The Morgan fingerprint density at radius 2 is 2.25 bits per heavy atom. The van der Waals surface area contributed by atoms with Crippen molar-refractivity contribution in [2.24, 2.45) is 0 Å². The van der Waals surface area contributed by atoms with Gasteiger partial charge in [-0.2, -0.15) is 0 Å². The van der Waals surface area contributed by atoms with Crippen LogP contribution >= 0.6 is 27.3 Å². The van der Waals surface area contributed by atoms with Crippen LogP contribution in [0.5, 0.6) is 0 Å². The van der Waals surface area contributed by atoms with Crippen molar-refractivity contribution in [2.75, 3.05) is 0 Å². The Balaban J connectivity index is 2.15. The van der Waals surface area contributed by atoms with Crippen molar-refractivity contribution in [2.45, 2.75) is 12.5 Å². The van der Waals surface area contributed by atoms with Crippen molar-refractivity contribution < 1.29 is 9.50 Å². The number of thiazole rings is 1. The molecule has 1 aromatic heterocycles. The topological polar surface area (TPSA) is 33.1 Å². The van der Waals surface area contributed by atoms with E-state index < -0.39 is 6.10 Å². The summed E-state index contributed by atoms with van der Waals surface area (Å²) in [6.45, 7) is 0. The predicted octanol–water partition coefficient (Wildman–Crippen LogP) is 3.32. The molecule has 84 valence electrons. The molecular formula is C11H9BrFNOS. The molecule has 0 bridgehead atoms. The third kappa shape index (κ3) is 2.87. The first-order chi connectivity index (χ1) is 7.65. The smallest absolute Gasteiger partial charge is 0.124 e. The number of benzene rings is 1. The summed E-state index contributed by atoms with van der Waals surface area (Å²) in [5, 5.41) is 9.88. The number of aliphatic hydroxyl groups excluding tert-OH is 1. The van der Waals surface area contributed by atoms with Crippen LogP contribution in [0.25, 0.3) is 0 Å². The van der Waals surface area contributed by atoms with E-state index >= 15 is 0 Å². The molecule has 0 aliphatic carbocycles. The normalized spacial score (nSPS) is 12.7. The SMILES string of the molecule is OC(Cc1cc(F)cc(Br)c1)c1cncs1. The fourth-order valence-corrected chi connectivity index (χ4v) is 2.56. The van der Waals surface area contributed by atoms with E-state index in [0.29, 0.717) is 10.9 Å². The molecule has 0 aliphatic heterocycles. The van der Waals surface area contributed by atoms with Gasteiger partial charge in [-0.1, -0.05) is 15.9 Å². The Kier molecular flexibility index (Phi) is 3.68. The highest BCUT2D eigenvalue weighted by Gasteiger charge is 2.11. The van der Waals surface area contributed by atoms with Crippen LogP contribution in [-0.2, 0) is 6.42 Å². The second-order valence-electron chi connectivity index (χ2n) is 3.40. The molecule has 2 rings (SSSR count). The Hall–Kier alpha value is -0.780. The van der Waals surface area contributed by atoms with Gasteiger partial charge in [-0.25, -0.2) is 4.39 Å². The summed E-state index contributed by atoms with van der Waals surface area (Å²) in [5.74, 6) is -0.305. The lowest BCUT2D eigenvalue weighted by atomic mass is 10.1. The highest BCUT2D eigenvalue weighted by atomic mass is 79.9. The minimum Gasteiger partial charge on any atom is -0.387 e. The zero-order chi connectivity index (χ0) is 11.5. The van der Waals surface area contributed by atoms with Crippen LogP contribution in [0, 0.1) is 5.82 Å². The summed E-state index contributed by atoms with van der Waals surface area (Å²) in [7, 11) is 0. The number of hydrogen-bond acceptors (Lipinski definition) is 3. The van der Waals surface area contributed by atoms with E-state index in [2.05, 4.69) is 20.9 Å². The Morgan fingerprint density at radius 1 is 1.44 bits per heavy atom. The molecule has 1 N–H and O–H groups in total. The molecule has 2 nitrogen and oxygen atoms in total. The zero-order valence-corrected chi connectivity index (χ0v) is 10.6. The van der Waals surface area contributed by atoms with Gasteiger partial charge in [0.1, 0.15) is 5.82 Å². The van der Waals surface area contributed by atoms with Crippen molar-refractivity contribution in [3.8, 4) is 0 Å². The van der Waals surface area contributed by atoms with E-state index in [-0.39, 0.29) is 5.82 Å². The fourth-order valence-electron chi connectivity index (χ4n) is 1.44. The molecule has 16 heavy (non-hydrogen) atoms. The third-order valence-corrected chi connectivity index (χ3v) is 3.47. The predicted molar refractivity (Wildman–Crippen MR) is 64.9 cm³/mol. The monoisotopic (exact) mass is 301 g/mol. The molecule has 2 aromatic rings. The first-order valence-electron chi connectivity index (χ1n) is 4.66. The lowest BCUT2D eigenvalue weighted by Crippen LogP contribution is -2.00. The number of hydrogen-bond donors (Lipinski definition) is 1. The van der Waals surface area contributed by atoms with Crippen molar-refractivity contribution in [3.05, 3.63) is 50.6 Å². The first kappa shape index (κ1) is 11.7. The van der Waals surface area contributed by atoms with Crippen LogP contribution in [0.2, 0.25) is 0 Å². The quantitative estimate of drug-likeness (QED) is 0.943. The lowest BCUT2D eigenvalue weighted by molar-refractivity contribution is 0.182. The van der Waals surface area contributed by atoms with Gasteiger partial charge in [-0.15, -0.1) is 11.3 Å². The molecule has 1 unspecified atom stereocenters. The summed E-state index contributed by atoms with van der Waals surface area (Å²) in [5.41, 5.74) is 2.42. The molecule has 1 atom stereocenters. The third-order valence-electron chi connectivity index (χ3n) is 2.13. The van der Waals surface area contributed by atoms with Gasteiger partial charge >= 0.3 is 0 Å². The highest BCUT2D eigenvalue weighted by molar-refractivity contribution is 9.10. The molecule has 0 spiro atoms. The van der Waals surface area contributed by atoms with Gasteiger partial charge in [0.15, 0.2) is 0 Å². The Labute approximate surface area is 105 Å². The van der Waals surface area contributed by atoms with Gasteiger partial charge in [-0.3, -0.25) is 4.98 Å². The van der Waals surface area contributed by atoms with Crippen LogP contribution in [0.3, 0.4) is 0 Å². The second-order valence-corrected chi connectivity index (χ2v) is 5.24. The van der Waals surface area contributed by atoms with E-state index in [9.17, 15) is 9.50 Å². The van der Waals surface area contributed by atoms with E-state index in [0.717, 1.165) is 10.4 Å². The minimum absolute atomic E-state index is 0.305. The molecule has 5 heteroatoms. The molecule has 0 aliphatic rings. The zero-order valence-electron chi connectivity index (χ0n) is 8.23. The van der Waals surface area contributed by atoms with Crippen molar-refractivity contribution >= 4 is 27.3 Å². The van der Waals surface area contributed by atoms with Gasteiger partial charge in [-0.05, 0) is 23.8 Å². The van der Waals surface area contributed by atoms with Gasteiger partial charge in [0.25, 0.3) is 0 Å². The van der Waals surface area contributed by atoms with E-state index in [1.54, 1.807) is 17.8 Å². The molecule has 1 aromatic carbocycles. The summed E-state index contributed by atoms with van der Waals surface area (Å²) in [4.78, 5) is 4.69. The standard InChI is InChI=1S/C11H9BrFNOS/c12-8-1-7(2-9(13)4-8)3-10(15)11-5-14-6-16-11/h1-2,4-6,10,15H,3H2. The summed E-state index contributed by atoms with van der Waals surface area (Å²) >= 11 is 4.61. The maximum absolute atomic E-state index is 13.1. The molecule has 0 amide bonds. The summed E-state index contributed by atoms with van der Waals surface area (Å²) in [6.07, 6.45) is 1.39.